The van der Waals surface area contributed by atoms with E-state index in [2.05, 4.69) is 37.3 Å². The predicted octanol–water partition coefficient (Wildman–Crippen LogP) is 2.58. The second-order valence-corrected chi connectivity index (χ2v) is 4.10. The van der Waals surface area contributed by atoms with Crippen LogP contribution in [0.2, 0.25) is 0 Å². The number of hydrogen-bond acceptors (Lipinski definition) is 1. The van der Waals surface area contributed by atoms with Gasteiger partial charge >= 0.3 is 0 Å². The molecule has 0 unspecified atom stereocenters. The number of aryl methyl sites for hydroxylation is 1. The van der Waals surface area contributed by atoms with Gasteiger partial charge in [0.05, 0.1) is 0 Å². The van der Waals surface area contributed by atoms with E-state index in [1.165, 1.54) is 5.56 Å². The third-order valence-electron chi connectivity index (χ3n) is 2.81. The van der Waals surface area contributed by atoms with E-state index in [0.717, 1.165) is 29.6 Å². The van der Waals surface area contributed by atoms with Crippen molar-refractivity contribution in [2.24, 2.45) is 5.73 Å². The summed E-state index contributed by atoms with van der Waals surface area (Å²) in [7, 11) is 0. The van der Waals surface area contributed by atoms with Crippen molar-refractivity contribution in [3.05, 3.63) is 53.1 Å². The zero-order chi connectivity index (χ0) is 11.5. The lowest BCUT2D eigenvalue weighted by molar-refractivity contribution is -0.114. The molecule has 0 saturated heterocycles. The van der Waals surface area contributed by atoms with E-state index >= 15 is 0 Å². The highest BCUT2D eigenvalue weighted by Crippen LogP contribution is 2.25. The third-order valence-corrected chi connectivity index (χ3v) is 2.81. The van der Waals surface area contributed by atoms with E-state index in [0.29, 0.717) is 0 Å². The fourth-order valence-electron chi connectivity index (χ4n) is 1.84. The van der Waals surface area contributed by atoms with Gasteiger partial charge < -0.3 is 5.73 Å². The first-order valence-electron chi connectivity index (χ1n) is 5.44. The molecular formula is C14H15NO. The topological polar surface area (TPSA) is 43.1 Å². The molecule has 82 valence electrons. The highest BCUT2D eigenvalue weighted by Gasteiger charge is 2.10. The normalized spacial score (nSPS) is 15.3. The van der Waals surface area contributed by atoms with Crippen molar-refractivity contribution in [3.8, 4) is 0 Å². The second-order valence-electron chi connectivity index (χ2n) is 4.10. The maximum Gasteiger partial charge on any atom is 0.244 e. The molecule has 1 aliphatic carbocycles. The number of allylic oxidation sites excluding steroid dienone is 3. The minimum absolute atomic E-state index is 0.308. The lowest BCUT2D eigenvalue weighted by Crippen LogP contribution is -2.15. The number of carbonyl (C=O) groups is 1. The minimum Gasteiger partial charge on any atom is -0.366 e. The quantitative estimate of drug-likeness (QED) is 0.806. The molecule has 0 spiro atoms. The van der Waals surface area contributed by atoms with Crippen molar-refractivity contribution < 1.29 is 4.79 Å². The third kappa shape index (κ3) is 2.22. The smallest absolute Gasteiger partial charge is 0.244 e. The van der Waals surface area contributed by atoms with Crippen LogP contribution in [0.15, 0.2) is 42.0 Å². The zero-order valence-electron chi connectivity index (χ0n) is 9.36. The molecule has 0 radical (unpaired) electrons. The molecule has 0 heterocycles. The van der Waals surface area contributed by atoms with Crippen LogP contribution >= 0.6 is 0 Å². The Hall–Kier alpha value is -1.83. The Balaban J connectivity index is 2.31. The summed E-state index contributed by atoms with van der Waals surface area (Å²) in [5.74, 6) is -0.308. The second kappa shape index (κ2) is 4.35. The van der Waals surface area contributed by atoms with Gasteiger partial charge in [-0.05, 0) is 37.0 Å². The highest BCUT2D eigenvalue weighted by molar-refractivity contribution is 5.96. The van der Waals surface area contributed by atoms with Crippen molar-refractivity contribution in [2.75, 3.05) is 0 Å². The summed E-state index contributed by atoms with van der Waals surface area (Å²) in [5, 5.41) is 0. The van der Waals surface area contributed by atoms with Gasteiger partial charge in [-0.15, -0.1) is 0 Å². The molecule has 0 aromatic heterocycles. The number of nitrogens with two attached hydrogens (primary N) is 1. The fraction of sp³-hybridized carbons (Fsp3) is 0.214. The van der Waals surface area contributed by atoms with E-state index in [4.69, 9.17) is 5.73 Å². The largest absolute Gasteiger partial charge is 0.366 e. The molecule has 1 aromatic rings. The maximum absolute atomic E-state index is 11.1. The molecule has 1 amide bonds. The molecule has 2 N–H and O–H groups in total. The van der Waals surface area contributed by atoms with Crippen LogP contribution in [0.5, 0.6) is 0 Å². The Bertz CT molecular complexity index is 466. The van der Waals surface area contributed by atoms with E-state index in [-0.39, 0.29) is 5.91 Å². The molecule has 1 aromatic carbocycles. The Morgan fingerprint density at radius 3 is 2.56 bits per heavy atom. The van der Waals surface area contributed by atoms with Crippen LogP contribution in [0.4, 0.5) is 0 Å². The molecule has 2 heteroatoms. The van der Waals surface area contributed by atoms with Crippen LogP contribution in [0.1, 0.15) is 24.0 Å². The average Bonchev–Trinajstić information content (AvgIpc) is 2.30. The van der Waals surface area contributed by atoms with Crippen molar-refractivity contribution in [2.45, 2.75) is 19.8 Å². The molecule has 0 fully saturated rings. The van der Waals surface area contributed by atoms with E-state index in [1.807, 2.05) is 6.08 Å². The summed E-state index contributed by atoms with van der Waals surface area (Å²) >= 11 is 0. The molecule has 2 nitrogen and oxygen atoms in total. The van der Waals surface area contributed by atoms with Crippen LogP contribution in [-0.4, -0.2) is 5.91 Å². The van der Waals surface area contributed by atoms with Crippen LogP contribution in [0.3, 0.4) is 0 Å². The number of hydrogen-bond donors (Lipinski definition) is 1. The number of benzene rings is 1. The maximum atomic E-state index is 11.1. The minimum atomic E-state index is -0.308. The summed E-state index contributed by atoms with van der Waals surface area (Å²) in [6.07, 6.45) is 5.69. The molecule has 0 bridgehead atoms. The van der Waals surface area contributed by atoms with Gasteiger partial charge in [0.2, 0.25) is 5.91 Å². The van der Waals surface area contributed by atoms with Crippen LogP contribution in [0, 0.1) is 6.92 Å². The van der Waals surface area contributed by atoms with Gasteiger partial charge in [-0.2, -0.15) is 0 Å². The summed E-state index contributed by atoms with van der Waals surface area (Å²) in [6.45, 7) is 2.06. The molecule has 0 aliphatic heterocycles. The van der Waals surface area contributed by atoms with Gasteiger partial charge in [0.15, 0.2) is 0 Å². The first kappa shape index (κ1) is 10.7. The summed E-state index contributed by atoms with van der Waals surface area (Å²) in [4.78, 5) is 11.1. The number of primary amides is 1. The SMILES string of the molecule is Cc1ccc(C2=CCCC(C(N)=O)=C2)cc1. The van der Waals surface area contributed by atoms with Crippen LogP contribution in [-0.2, 0) is 4.79 Å². The van der Waals surface area contributed by atoms with Crippen molar-refractivity contribution in [1.29, 1.82) is 0 Å². The van der Waals surface area contributed by atoms with E-state index in [9.17, 15) is 4.79 Å². The van der Waals surface area contributed by atoms with Gasteiger partial charge in [0.1, 0.15) is 0 Å². The first-order chi connectivity index (χ1) is 7.66. The lowest BCUT2D eigenvalue weighted by atomic mass is 9.94. The van der Waals surface area contributed by atoms with Crippen molar-refractivity contribution >= 4 is 11.5 Å². The Morgan fingerprint density at radius 1 is 1.25 bits per heavy atom. The summed E-state index contributed by atoms with van der Waals surface area (Å²) in [6, 6.07) is 8.29. The number of rotatable bonds is 2. The monoisotopic (exact) mass is 213 g/mol. The van der Waals surface area contributed by atoms with Gasteiger partial charge in [0.25, 0.3) is 0 Å². The van der Waals surface area contributed by atoms with Crippen molar-refractivity contribution in [1.82, 2.24) is 0 Å². The average molecular weight is 213 g/mol. The molecule has 0 saturated carbocycles. The van der Waals surface area contributed by atoms with E-state index in [1.54, 1.807) is 0 Å². The molecular weight excluding hydrogens is 198 g/mol. The van der Waals surface area contributed by atoms with E-state index < -0.39 is 0 Å². The predicted molar refractivity (Wildman–Crippen MR) is 65.7 cm³/mol. The Labute approximate surface area is 95.5 Å². The fourth-order valence-corrected chi connectivity index (χ4v) is 1.84. The van der Waals surface area contributed by atoms with Gasteiger partial charge in [0, 0.05) is 5.57 Å². The van der Waals surface area contributed by atoms with Gasteiger partial charge in [-0.1, -0.05) is 35.9 Å². The van der Waals surface area contributed by atoms with Crippen LogP contribution in [0.25, 0.3) is 5.57 Å². The summed E-state index contributed by atoms with van der Waals surface area (Å²) in [5.41, 5.74) is 9.49. The van der Waals surface area contributed by atoms with Gasteiger partial charge in [-0.3, -0.25) is 4.79 Å². The van der Waals surface area contributed by atoms with Gasteiger partial charge in [-0.25, -0.2) is 0 Å². The molecule has 0 atom stereocenters. The standard InChI is InChI=1S/C14H15NO/c1-10-5-7-11(8-6-10)12-3-2-4-13(9-12)14(15)16/h3,5-9H,2,4H2,1H3,(H2,15,16). The number of carbonyl (C=O) groups excluding carboxylic acids is 1. The summed E-state index contributed by atoms with van der Waals surface area (Å²) < 4.78 is 0. The van der Waals surface area contributed by atoms with Crippen molar-refractivity contribution in [3.63, 3.8) is 0 Å². The number of amides is 1. The first-order valence-corrected chi connectivity index (χ1v) is 5.44. The lowest BCUT2D eigenvalue weighted by Gasteiger charge is -2.11. The molecule has 2 rings (SSSR count). The van der Waals surface area contributed by atoms with Crippen LogP contribution < -0.4 is 5.73 Å². The molecule has 16 heavy (non-hydrogen) atoms. The highest BCUT2D eigenvalue weighted by atomic mass is 16.1. The zero-order valence-corrected chi connectivity index (χ0v) is 9.36. The Morgan fingerprint density at radius 2 is 1.94 bits per heavy atom. The molecule has 1 aliphatic rings. The Kier molecular flexibility index (Phi) is 2.91.